The van der Waals surface area contributed by atoms with Crippen LogP contribution in [0.1, 0.15) is 26.0 Å². The molecule has 0 aliphatic rings. The summed E-state index contributed by atoms with van der Waals surface area (Å²) in [4.78, 5) is 12.1. The standard InChI is InChI=1S/C16H16F5N3OS/c1-4-9(2)26-15-13(14(16(19,20)21)22-23(15)3)24(8-25)12-6-5-10(17)7-11(12)18/h5-9H,4H2,1-3H3. The zero-order valence-corrected chi connectivity index (χ0v) is 15.0. The molecule has 1 aromatic heterocycles. The van der Waals surface area contributed by atoms with Crippen molar-refractivity contribution in [3.8, 4) is 0 Å². The highest BCUT2D eigenvalue weighted by Crippen LogP contribution is 2.45. The number of aromatic nitrogens is 2. The van der Waals surface area contributed by atoms with Crippen molar-refractivity contribution in [3.05, 3.63) is 35.5 Å². The smallest absolute Gasteiger partial charge is 0.278 e. The molecular weight excluding hydrogens is 377 g/mol. The van der Waals surface area contributed by atoms with Crippen LogP contribution in [0.2, 0.25) is 0 Å². The van der Waals surface area contributed by atoms with Crippen LogP contribution in [0.5, 0.6) is 0 Å². The lowest BCUT2D eigenvalue weighted by Crippen LogP contribution is -2.20. The summed E-state index contributed by atoms with van der Waals surface area (Å²) in [6.07, 6.45) is -4.15. The molecule has 1 heterocycles. The Kier molecular flexibility index (Phi) is 5.94. The molecule has 1 unspecified atom stereocenters. The second kappa shape index (κ2) is 7.65. The van der Waals surface area contributed by atoms with Gasteiger partial charge < -0.3 is 0 Å². The fourth-order valence-corrected chi connectivity index (χ4v) is 3.27. The Morgan fingerprint density at radius 1 is 1.35 bits per heavy atom. The van der Waals surface area contributed by atoms with Gasteiger partial charge in [-0.2, -0.15) is 18.3 Å². The number of hydrogen-bond donors (Lipinski definition) is 0. The van der Waals surface area contributed by atoms with Gasteiger partial charge in [-0.25, -0.2) is 8.78 Å². The van der Waals surface area contributed by atoms with Gasteiger partial charge in [0.1, 0.15) is 22.3 Å². The van der Waals surface area contributed by atoms with Crippen molar-refractivity contribution in [2.75, 3.05) is 4.90 Å². The lowest BCUT2D eigenvalue weighted by Gasteiger charge is -2.21. The fraction of sp³-hybridized carbons (Fsp3) is 0.375. The van der Waals surface area contributed by atoms with Gasteiger partial charge in [-0.1, -0.05) is 13.8 Å². The third-order valence-corrected chi connectivity index (χ3v) is 5.06. The molecule has 0 fully saturated rings. The first-order valence-electron chi connectivity index (χ1n) is 7.60. The third kappa shape index (κ3) is 4.00. The van der Waals surface area contributed by atoms with E-state index in [4.69, 9.17) is 0 Å². The van der Waals surface area contributed by atoms with Gasteiger partial charge in [0.05, 0.1) is 5.69 Å². The van der Waals surface area contributed by atoms with Crippen LogP contribution in [0.15, 0.2) is 23.2 Å². The molecule has 0 N–H and O–H groups in total. The number of hydrogen-bond acceptors (Lipinski definition) is 3. The minimum Gasteiger partial charge on any atom is -0.278 e. The van der Waals surface area contributed by atoms with E-state index in [2.05, 4.69) is 5.10 Å². The Hall–Kier alpha value is -2.10. The fourth-order valence-electron chi connectivity index (χ4n) is 2.22. The summed E-state index contributed by atoms with van der Waals surface area (Å²) in [5.74, 6) is -2.07. The molecule has 1 atom stereocenters. The van der Waals surface area contributed by atoms with Crippen LogP contribution in [0.25, 0.3) is 0 Å². The van der Waals surface area contributed by atoms with Crippen LogP contribution in [0.3, 0.4) is 0 Å². The number of thioether (sulfide) groups is 1. The van der Waals surface area contributed by atoms with Gasteiger partial charge in [0.2, 0.25) is 6.41 Å². The number of carbonyl (C=O) groups excluding carboxylic acids is 1. The molecular formula is C16H16F5N3OS. The number of nitrogens with zero attached hydrogens (tertiary/aromatic N) is 3. The van der Waals surface area contributed by atoms with E-state index in [0.717, 1.165) is 28.6 Å². The Labute approximate surface area is 151 Å². The number of amides is 1. The SMILES string of the molecule is CCC(C)Sc1c(N(C=O)c2ccc(F)cc2F)c(C(F)(F)F)nn1C. The van der Waals surface area contributed by atoms with E-state index in [0.29, 0.717) is 17.4 Å². The Morgan fingerprint density at radius 3 is 2.50 bits per heavy atom. The normalized spacial score (nSPS) is 12.9. The Morgan fingerprint density at radius 2 is 2.00 bits per heavy atom. The molecule has 0 bridgehead atoms. The number of anilines is 2. The molecule has 1 aromatic carbocycles. The number of carbonyl (C=O) groups is 1. The molecule has 142 valence electrons. The highest BCUT2D eigenvalue weighted by molar-refractivity contribution is 8.00. The maximum Gasteiger partial charge on any atom is 0.437 e. The van der Waals surface area contributed by atoms with Crippen molar-refractivity contribution in [2.45, 2.75) is 36.7 Å². The second-order valence-electron chi connectivity index (χ2n) is 5.53. The van der Waals surface area contributed by atoms with Crippen molar-refractivity contribution < 1.29 is 26.7 Å². The molecule has 1 amide bonds. The van der Waals surface area contributed by atoms with Crippen LogP contribution in [-0.4, -0.2) is 21.4 Å². The first kappa shape index (κ1) is 20.2. The molecule has 0 spiro atoms. The molecule has 26 heavy (non-hydrogen) atoms. The van der Waals surface area contributed by atoms with E-state index < -0.39 is 34.9 Å². The first-order valence-corrected chi connectivity index (χ1v) is 8.48. The van der Waals surface area contributed by atoms with E-state index in [1.807, 2.05) is 6.92 Å². The van der Waals surface area contributed by atoms with Gasteiger partial charge in [0.25, 0.3) is 0 Å². The summed E-state index contributed by atoms with van der Waals surface area (Å²) in [5.41, 5.74) is -2.39. The summed E-state index contributed by atoms with van der Waals surface area (Å²) in [5, 5.41) is 3.47. The summed E-state index contributed by atoms with van der Waals surface area (Å²) in [6, 6.07) is 2.26. The van der Waals surface area contributed by atoms with Crippen molar-refractivity contribution in [3.63, 3.8) is 0 Å². The van der Waals surface area contributed by atoms with Crippen LogP contribution >= 0.6 is 11.8 Å². The van der Waals surface area contributed by atoms with Crippen LogP contribution in [-0.2, 0) is 18.0 Å². The van der Waals surface area contributed by atoms with E-state index in [1.165, 1.54) is 7.05 Å². The highest BCUT2D eigenvalue weighted by Gasteiger charge is 2.42. The van der Waals surface area contributed by atoms with E-state index >= 15 is 0 Å². The van der Waals surface area contributed by atoms with Gasteiger partial charge >= 0.3 is 6.18 Å². The molecule has 0 aliphatic heterocycles. The largest absolute Gasteiger partial charge is 0.437 e. The van der Waals surface area contributed by atoms with Crippen LogP contribution < -0.4 is 4.90 Å². The topological polar surface area (TPSA) is 38.1 Å². The molecule has 0 radical (unpaired) electrons. The quantitative estimate of drug-likeness (QED) is 0.398. The van der Waals surface area contributed by atoms with E-state index in [1.54, 1.807) is 6.92 Å². The second-order valence-corrected chi connectivity index (χ2v) is 6.96. The first-order chi connectivity index (χ1) is 12.1. The molecule has 2 rings (SSSR count). The maximum atomic E-state index is 14.1. The molecule has 0 saturated carbocycles. The Bertz CT molecular complexity index is 806. The zero-order chi connectivity index (χ0) is 19.6. The lowest BCUT2D eigenvalue weighted by atomic mass is 10.2. The number of aryl methyl sites for hydroxylation is 1. The highest BCUT2D eigenvalue weighted by atomic mass is 32.2. The van der Waals surface area contributed by atoms with E-state index in [9.17, 15) is 26.7 Å². The number of benzene rings is 1. The predicted molar refractivity (Wildman–Crippen MR) is 88.4 cm³/mol. The minimum absolute atomic E-state index is 0.0579. The molecule has 10 heteroatoms. The predicted octanol–water partition coefficient (Wildman–Crippen LogP) is 4.90. The average Bonchev–Trinajstić information content (AvgIpc) is 2.87. The summed E-state index contributed by atoms with van der Waals surface area (Å²) in [6.45, 7) is 3.66. The minimum atomic E-state index is -4.86. The van der Waals surface area contributed by atoms with Crippen molar-refractivity contribution in [1.82, 2.24) is 9.78 Å². The molecule has 2 aromatic rings. The van der Waals surface area contributed by atoms with Gasteiger partial charge in [-0.15, -0.1) is 11.8 Å². The average molecular weight is 393 g/mol. The molecule has 0 aliphatic carbocycles. The van der Waals surface area contributed by atoms with Gasteiger partial charge in [0, 0.05) is 18.4 Å². The summed E-state index contributed by atoms with van der Waals surface area (Å²) >= 11 is 1.08. The van der Waals surface area contributed by atoms with Gasteiger partial charge in [-0.3, -0.25) is 14.4 Å². The number of rotatable bonds is 6. The lowest BCUT2D eigenvalue weighted by molar-refractivity contribution is -0.140. The van der Waals surface area contributed by atoms with Crippen molar-refractivity contribution in [1.29, 1.82) is 0 Å². The monoisotopic (exact) mass is 393 g/mol. The summed E-state index contributed by atoms with van der Waals surface area (Å²) < 4.78 is 68.6. The van der Waals surface area contributed by atoms with E-state index in [-0.39, 0.29) is 16.7 Å². The molecule has 4 nitrogen and oxygen atoms in total. The van der Waals surface area contributed by atoms with Gasteiger partial charge in [-0.05, 0) is 18.6 Å². The Balaban J connectivity index is 2.72. The van der Waals surface area contributed by atoms with Gasteiger partial charge in [0.15, 0.2) is 5.69 Å². The van der Waals surface area contributed by atoms with Crippen LogP contribution in [0.4, 0.5) is 33.3 Å². The summed E-state index contributed by atoms with van der Waals surface area (Å²) in [7, 11) is 1.31. The number of alkyl halides is 3. The van der Waals surface area contributed by atoms with Crippen molar-refractivity contribution >= 4 is 29.5 Å². The van der Waals surface area contributed by atoms with Crippen LogP contribution in [0, 0.1) is 11.6 Å². The van der Waals surface area contributed by atoms with Crippen molar-refractivity contribution in [2.24, 2.45) is 7.05 Å². The molecule has 0 saturated heterocycles. The zero-order valence-electron chi connectivity index (χ0n) is 14.1. The maximum absolute atomic E-state index is 14.1. The number of halogens is 5. The third-order valence-electron chi connectivity index (χ3n) is 3.64.